The van der Waals surface area contributed by atoms with Gasteiger partial charge in [0.2, 0.25) is 12.7 Å². The van der Waals surface area contributed by atoms with Gasteiger partial charge in [-0.1, -0.05) is 37.3 Å². The predicted octanol–water partition coefficient (Wildman–Crippen LogP) is 3.87. The minimum Gasteiger partial charge on any atom is -0.454 e. The van der Waals surface area contributed by atoms with Crippen LogP contribution in [0, 0.1) is 0 Å². The summed E-state index contributed by atoms with van der Waals surface area (Å²) in [6.45, 7) is 4.35. The minimum atomic E-state index is -0.125. The lowest BCUT2D eigenvalue weighted by molar-refractivity contribution is -0.117. The number of carbonyl (C=O) groups excluding carboxylic acids is 1. The summed E-state index contributed by atoms with van der Waals surface area (Å²) in [5.41, 5.74) is 3.28. The number of rotatable bonds is 5. The summed E-state index contributed by atoms with van der Waals surface area (Å²) < 4.78 is 10.6. The van der Waals surface area contributed by atoms with Gasteiger partial charge in [-0.25, -0.2) is 0 Å². The summed E-state index contributed by atoms with van der Waals surface area (Å²) >= 11 is 0. The molecule has 0 spiro atoms. The Kier molecular flexibility index (Phi) is 4.85. The number of fused-ring (bicyclic) bond motifs is 1. The molecule has 4 heteroatoms. The molecule has 1 amide bonds. The molecule has 2 aromatic carbocycles. The summed E-state index contributed by atoms with van der Waals surface area (Å²) in [7, 11) is 0. The molecule has 0 radical (unpaired) electrons. The maximum absolute atomic E-state index is 12.1. The minimum absolute atomic E-state index is 0.0372. The van der Waals surface area contributed by atoms with E-state index in [1.54, 1.807) is 6.08 Å². The van der Waals surface area contributed by atoms with Gasteiger partial charge in [0.25, 0.3) is 0 Å². The van der Waals surface area contributed by atoms with Gasteiger partial charge in [0.1, 0.15) is 0 Å². The van der Waals surface area contributed by atoms with Crippen molar-refractivity contribution in [1.29, 1.82) is 0 Å². The molecule has 1 heterocycles. The molecule has 0 aromatic heterocycles. The van der Waals surface area contributed by atoms with Crippen molar-refractivity contribution in [3.63, 3.8) is 0 Å². The van der Waals surface area contributed by atoms with Crippen molar-refractivity contribution in [2.45, 2.75) is 26.3 Å². The number of hydrogen-bond donors (Lipinski definition) is 1. The third kappa shape index (κ3) is 3.77. The summed E-state index contributed by atoms with van der Waals surface area (Å²) in [4.78, 5) is 12.1. The molecule has 1 aliphatic heterocycles. The second kappa shape index (κ2) is 7.21. The van der Waals surface area contributed by atoms with Gasteiger partial charge in [-0.15, -0.1) is 0 Å². The van der Waals surface area contributed by atoms with E-state index in [0.29, 0.717) is 5.75 Å². The van der Waals surface area contributed by atoms with Crippen LogP contribution in [0.1, 0.15) is 36.6 Å². The zero-order chi connectivity index (χ0) is 16.9. The quantitative estimate of drug-likeness (QED) is 0.850. The molecule has 0 unspecified atom stereocenters. The molecule has 0 saturated carbocycles. The summed E-state index contributed by atoms with van der Waals surface area (Å²) in [5, 5.41) is 2.97. The van der Waals surface area contributed by atoms with Gasteiger partial charge in [-0.3, -0.25) is 4.79 Å². The highest BCUT2D eigenvalue weighted by molar-refractivity contribution is 5.92. The Bertz CT molecular complexity index is 750. The lowest BCUT2D eigenvalue weighted by Gasteiger charge is -2.13. The molecule has 4 nitrogen and oxygen atoms in total. The van der Waals surface area contributed by atoms with E-state index in [0.717, 1.165) is 23.3 Å². The first kappa shape index (κ1) is 16.1. The molecule has 0 fully saturated rings. The Hall–Kier alpha value is -2.75. The van der Waals surface area contributed by atoms with E-state index in [9.17, 15) is 4.79 Å². The predicted molar refractivity (Wildman–Crippen MR) is 94.0 cm³/mol. The van der Waals surface area contributed by atoms with E-state index in [2.05, 4.69) is 36.5 Å². The van der Waals surface area contributed by atoms with Crippen LogP contribution < -0.4 is 14.8 Å². The normalized spacial score (nSPS) is 13.9. The van der Waals surface area contributed by atoms with E-state index < -0.39 is 0 Å². The molecule has 3 rings (SSSR count). The van der Waals surface area contributed by atoms with Gasteiger partial charge in [0.15, 0.2) is 11.5 Å². The molecule has 1 N–H and O–H groups in total. The van der Waals surface area contributed by atoms with Crippen LogP contribution in [0.15, 0.2) is 48.5 Å². The zero-order valence-electron chi connectivity index (χ0n) is 13.9. The SMILES string of the molecule is CCc1ccc([C@H](C)NC(=O)/C=C/c2ccc3c(c2)OCO3)cc1. The van der Waals surface area contributed by atoms with Crippen LogP contribution in [0.5, 0.6) is 11.5 Å². The highest BCUT2D eigenvalue weighted by Crippen LogP contribution is 2.32. The molecule has 0 bridgehead atoms. The topological polar surface area (TPSA) is 47.6 Å². The van der Waals surface area contributed by atoms with Crippen LogP contribution in [0.3, 0.4) is 0 Å². The van der Waals surface area contributed by atoms with Crippen molar-refractivity contribution in [2.75, 3.05) is 6.79 Å². The van der Waals surface area contributed by atoms with Crippen molar-refractivity contribution in [1.82, 2.24) is 5.32 Å². The first-order valence-electron chi connectivity index (χ1n) is 8.13. The van der Waals surface area contributed by atoms with Gasteiger partial charge >= 0.3 is 0 Å². The van der Waals surface area contributed by atoms with E-state index in [1.807, 2.05) is 25.1 Å². The standard InChI is InChI=1S/C20H21NO3/c1-3-15-4-8-17(9-5-15)14(2)21-20(22)11-7-16-6-10-18-19(12-16)24-13-23-18/h4-12,14H,3,13H2,1-2H3,(H,21,22)/b11-7+/t14-/m0/s1. The molecular weight excluding hydrogens is 302 g/mol. The van der Waals surface area contributed by atoms with Crippen LogP contribution in [-0.4, -0.2) is 12.7 Å². The Labute approximate surface area is 142 Å². The first-order valence-corrected chi connectivity index (χ1v) is 8.13. The smallest absolute Gasteiger partial charge is 0.244 e. The summed E-state index contributed by atoms with van der Waals surface area (Å²) in [5.74, 6) is 1.32. The van der Waals surface area contributed by atoms with Gasteiger partial charge in [0.05, 0.1) is 6.04 Å². The van der Waals surface area contributed by atoms with Crippen molar-refractivity contribution < 1.29 is 14.3 Å². The molecule has 1 aliphatic rings. The molecular formula is C20H21NO3. The second-order valence-corrected chi connectivity index (χ2v) is 5.77. The largest absolute Gasteiger partial charge is 0.454 e. The molecule has 2 aromatic rings. The molecule has 24 heavy (non-hydrogen) atoms. The number of benzene rings is 2. The average molecular weight is 323 g/mol. The van der Waals surface area contributed by atoms with Gasteiger partial charge in [-0.05, 0) is 48.2 Å². The average Bonchev–Trinajstić information content (AvgIpc) is 3.07. The van der Waals surface area contributed by atoms with Crippen LogP contribution in [-0.2, 0) is 11.2 Å². The van der Waals surface area contributed by atoms with Crippen LogP contribution in [0.25, 0.3) is 6.08 Å². The highest BCUT2D eigenvalue weighted by atomic mass is 16.7. The molecule has 0 aliphatic carbocycles. The number of aryl methyl sites for hydroxylation is 1. The maximum atomic E-state index is 12.1. The first-order chi connectivity index (χ1) is 11.7. The molecule has 124 valence electrons. The van der Waals surface area contributed by atoms with Crippen LogP contribution in [0.4, 0.5) is 0 Å². The van der Waals surface area contributed by atoms with E-state index in [4.69, 9.17) is 9.47 Å². The number of carbonyl (C=O) groups is 1. The number of nitrogens with one attached hydrogen (secondary N) is 1. The fourth-order valence-electron chi connectivity index (χ4n) is 2.58. The lowest BCUT2D eigenvalue weighted by Crippen LogP contribution is -2.24. The van der Waals surface area contributed by atoms with Crippen molar-refractivity contribution in [3.05, 3.63) is 65.2 Å². The Morgan fingerprint density at radius 1 is 1.17 bits per heavy atom. The molecule has 0 saturated heterocycles. The van der Waals surface area contributed by atoms with Crippen molar-refractivity contribution >= 4 is 12.0 Å². The number of hydrogen-bond acceptors (Lipinski definition) is 3. The number of amides is 1. The van der Waals surface area contributed by atoms with Gasteiger partial charge < -0.3 is 14.8 Å². The fraction of sp³-hybridized carbons (Fsp3) is 0.250. The highest BCUT2D eigenvalue weighted by Gasteiger charge is 2.12. The number of ether oxygens (including phenoxy) is 2. The Morgan fingerprint density at radius 3 is 2.67 bits per heavy atom. The van der Waals surface area contributed by atoms with E-state index >= 15 is 0 Å². The fourth-order valence-corrected chi connectivity index (χ4v) is 2.58. The van der Waals surface area contributed by atoms with Crippen molar-refractivity contribution in [2.24, 2.45) is 0 Å². The van der Waals surface area contributed by atoms with Crippen molar-refractivity contribution in [3.8, 4) is 11.5 Å². The van der Waals surface area contributed by atoms with Gasteiger partial charge in [0, 0.05) is 6.08 Å². The van der Waals surface area contributed by atoms with Crippen LogP contribution in [0.2, 0.25) is 0 Å². The van der Waals surface area contributed by atoms with E-state index in [-0.39, 0.29) is 18.7 Å². The second-order valence-electron chi connectivity index (χ2n) is 5.77. The zero-order valence-corrected chi connectivity index (χ0v) is 13.9. The van der Waals surface area contributed by atoms with Crippen LogP contribution >= 0.6 is 0 Å². The van der Waals surface area contributed by atoms with E-state index in [1.165, 1.54) is 11.6 Å². The third-order valence-electron chi connectivity index (χ3n) is 4.07. The summed E-state index contributed by atoms with van der Waals surface area (Å²) in [6, 6.07) is 13.9. The third-order valence-corrected chi connectivity index (χ3v) is 4.07. The summed E-state index contributed by atoms with van der Waals surface area (Å²) in [6.07, 6.45) is 4.32. The maximum Gasteiger partial charge on any atom is 0.244 e. The van der Waals surface area contributed by atoms with Gasteiger partial charge in [-0.2, -0.15) is 0 Å². The Morgan fingerprint density at radius 2 is 1.92 bits per heavy atom. The monoisotopic (exact) mass is 323 g/mol. The molecule has 1 atom stereocenters. The lowest BCUT2D eigenvalue weighted by atomic mass is 10.0. The Balaban J connectivity index is 1.60.